The molecule has 0 aliphatic carbocycles. The van der Waals surface area contributed by atoms with Crippen LogP contribution in [0.5, 0.6) is 5.75 Å². The van der Waals surface area contributed by atoms with Crippen LogP contribution in [0.1, 0.15) is 0 Å². The smallest absolute Gasteiger partial charge is 0.193 e. The fraction of sp³-hybridized carbons (Fsp3) is 0.368. The number of halogens is 2. The predicted molar refractivity (Wildman–Crippen MR) is 101 cm³/mol. The zero-order valence-electron chi connectivity index (χ0n) is 15.2. The Balaban J connectivity index is 1.42. The van der Waals surface area contributed by atoms with Crippen molar-refractivity contribution in [3.63, 3.8) is 0 Å². The number of aliphatic imine (C=N–C) groups is 1. The Hall–Kier alpha value is -2.90. The van der Waals surface area contributed by atoms with E-state index in [1.54, 1.807) is 13.2 Å². The maximum Gasteiger partial charge on any atom is 0.193 e. The van der Waals surface area contributed by atoms with Gasteiger partial charge in [0.25, 0.3) is 0 Å². The highest BCUT2D eigenvalue weighted by Gasteiger charge is 2.20. The molecule has 8 heteroatoms. The van der Waals surface area contributed by atoms with Crippen molar-refractivity contribution in [2.45, 2.75) is 0 Å². The van der Waals surface area contributed by atoms with Gasteiger partial charge in [0.05, 0.1) is 6.54 Å². The van der Waals surface area contributed by atoms with E-state index in [1.165, 1.54) is 6.07 Å². The van der Waals surface area contributed by atoms with Crippen LogP contribution in [0.25, 0.3) is 0 Å². The van der Waals surface area contributed by atoms with Gasteiger partial charge in [-0.1, -0.05) is 6.07 Å². The van der Waals surface area contributed by atoms with E-state index in [0.29, 0.717) is 18.9 Å². The molecule has 0 atom stereocenters. The van der Waals surface area contributed by atoms with Crippen LogP contribution in [0.4, 0.5) is 14.6 Å². The minimum Gasteiger partial charge on any atom is -0.492 e. The summed E-state index contributed by atoms with van der Waals surface area (Å²) in [4.78, 5) is 13.1. The standard InChI is InChI=1S/C19H23F2N5O/c1-22-19(24-8-13-27-15-5-6-16(20)17(21)14-15)26-11-9-25(10-12-26)18-4-2-3-7-23-18/h2-7,14H,8-13H2,1H3,(H,22,24). The number of guanidine groups is 1. The van der Waals surface area contributed by atoms with Crippen LogP contribution in [0, 0.1) is 11.6 Å². The van der Waals surface area contributed by atoms with E-state index in [4.69, 9.17) is 4.74 Å². The second-order valence-corrected chi connectivity index (χ2v) is 6.06. The average Bonchev–Trinajstić information content (AvgIpc) is 2.71. The normalized spacial score (nSPS) is 15.0. The van der Waals surface area contributed by atoms with Crippen molar-refractivity contribution in [1.29, 1.82) is 0 Å². The molecule has 2 aromatic rings. The van der Waals surface area contributed by atoms with E-state index < -0.39 is 11.6 Å². The quantitative estimate of drug-likeness (QED) is 0.493. The number of pyridine rings is 1. The summed E-state index contributed by atoms with van der Waals surface area (Å²) in [7, 11) is 1.74. The average molecular weight is 375 g/mol. The Morgan fingerprint density at radius 1 is 1.15 bits per heavy atom. The van der Waals surface area contributed by atoms with E-state index >= 15 is 0 Å². The number of piperazine rings is 1. The highest BCUT2D eigenvalue weighted by atomic mass is 19.2. The summed E-state index contributed by atoms with van der Waals surface area (Å²) in [5, 5.41) is 3.24. The first-order valence-corrected chi connectivity index (χ1v) is 8.87. The molecule has 0 bridgehead atoms. The van der Waals surface area contributed by atoms with Crippen molar-refractivity contribution in [2.75, 3.05) is 51.3 Å². The van der Waals surface area contributed by atoms with E-state index in [2.05, 4.69) is 25.1 Å². The third kappa shape index (κ3) is 5.06. The maximum absolute atomic E-state index is 13.2. The van der Waals surface area contributed by atoms with Crippen molar-refractivity contribution in [1.82, 2.24) is 15.2 Å². The molecule has 0 radical (unpaired) electrons. The maximum atomic E-state index is 13.2. The topological polar surface area (TPSA) is 53.0 Å². The second kappa shape index (κ2) is 9.16. The molecule has 6 nitrogen and oxygen atoms in total. The third-order valence-electron chi connectivity index (χ3n) is 4.31. The molecule has 3 rings (SSSR count). The highest BCUT2D eigenvalue weighted by molar-refractivity contribution is 5.80. The SMILES string of the molecule is CN=C(NCCOc1ccc(F)c(F)c1)N1CCN(c2ccccn2)CC1. The molecule has 0 unspecified atom stereocenters. The number of ether oxygens (including phenoxy) is 1. The van der Waals surface area contributed by atoms with Crippen molar-refractivity contribution >= 4 is 11.8 Å². The molecule has 1 aromatic heterocycles. The number of nitrogens with zero attached hydrogens (tertiary/aromatic N) is 4. The van der Waals surface area contributed by atoms with Gasteiger partial charge in [-0.15, -0.1) is 0 Å². The number of hydrogen-bond donors (Lipinski definition) is 1. The number of nitrogens with one attached hydrogen (secondary N) is 1. The molecule has 27 heavy (non-hydrogen) atoms. The fourth-order valence-electron chi connectivity index (χ4n) is 2.92. The van der Waals surface area contributed by atoms with Crippen LogP contribution >= 0.6 is 0 Å². The number of aromatic nitrogens is 1. The van der Waals surface area contributed by atoms with Gasteiger partial charge in [0.1, 0.15) is 18.2 Å². The molecule has 1 N–H and O–H groups in total. The molecule has 1 aromatic carbocycles. The minimum absolute atomic E-state index is 0.301. The number of anilines is 1. The zero-order chi connectivity index (χ0) is 19.1. The lowest BCUT2D eigenvalue weighted by Gasteiger charge is -2.37. The Bertz CT molecular complexity index is 764. The highest BCUT2D eigenvalue weighted by Crippen LogP contribution is 2.15. The van der Waals surface area contributed by atoms with Gasteiger partial charge < -0.3 is 19.9 Å². The summed E-state index contributed by atoms with van der Waals surface area (Å²) in [6.45, 7) is 4.22. The lowest BCUT2D eigenvalue weighted by Crippen LogP contribution is -2.53. The molecule has 1 saturated heterocycles. The monoisotopic (exact) mass is 375 g/mol. The van der Waals surface area contributed by atoms with Gasteiger partial charge in [0.15, 0.2) is 17.6 Å². The van der Waals surface area contributed by atoms with Gasteiger partial charge in [0, 0.05) is 45.5 Å². The summed E-state index contributed by atoms with van der Waals surface area (Å²) < 4.78 is 31.5. The van der Waals surface area contributed by atoms with Crippen LogP contribution in [0.15, 0.2) is 47.6 Å². The lowest BCUT2D eigenvalue weighted by atomic mass is 10.3. The Labute approximate surface area is 157 Å². The molecule has 1 aliphatic heterocycles. The van der Waals surface area contributed by atoms with Gasteiger partial charge >= 0.3 is 0 Å². The van der Waals surface area contributed by atoms with Crippen LogP contribution in [-0.2, 0) is 0 Å². The van der Waals surface area contributed by atoms with Crippen molar-refractivity contribution < 1.29 is 13.5 Å². The number of benzene rings is 1. The van der Waals surface area contributed by atoms with E-state index in [-0.39, 0.29) is 0 Å². The lowest BCUT2D eigenvalue weighted by molar-refractivity contribution is 0.312. The van der Waals surface area contributed by atoms with Gasteiger partial charge in [-0.25, -0.2) is 13.8 Å². The molecule has 0 saturated carbocycles. The summed E-state index contributed by atoms with van der Waals surface area (Å²) in [5.41, 5.74) is 0. The number of hydrogen-bond acceptors (Lipinski definition) is 4. The summed E-state index contributed by atoms with van der Waals surface area (Å²) >= 11 is 0. The van der Waals surface area contributed by atoms with E-state index in [1.807, 2.05) is 18.2 Å². The van der Waals surface area contributed by atoms with E-state index in [0.717, 1.165) is 50.1 Å². The van der Waals surface area contributed by atoms with E-state index in [9.17, 15) is 8.78 Å². The molecule has 144 valence electrons. The predicted octanol–water partition coefficient (Wildman–Crippen LogP) is 2.14. The van der Waals surface area contributed by atoms with Crippen LogP contribution in [0.3, 0.4) is 0 Å². The molecular formula is C19H23F2N5O. The molecule has 0 amide bonds. The first-order chi connectivity index (χ1) is 13.2. The molecule has 2 heterocycles. The Kier molecular flexibility index (Phi) is 6.40. The first kappa shape index (κ1) is 18.9. The molecule has 1 aliphatic rings. The summed E-state index contributed by atoms with van der Waals surface area (Å²) in [6, 6.07) is 9.41. The van der Waals surface area contributed by atoms with Gasteiger partial charge in [0.2, 0.25) is 0 Å². The van der Waals surface area contributed by atoms with Crippen LogP contribution in [0.2, 0.25) is 0 Å². The molecule has 0 spiro atoms. The fourth-order valence-corrected chi connectivity index (χ4v) is 2.92. The van der Waals surface area contributed by atoms with Crippen LogP contribution in [-0.4, -0.2) is 62.2 Å². The largest absolute Gasteiger partial charge is 0.492 e. The van der Waals surface area contributed by atoms with Crippen molar-refractivity contribution in [3.05, 3.63) is 54.2 Å². The van der Waals surface area contributed by atoms with Crippen LogP contribution < -0.4 is 15.0 Å². The van der Waals surface area contributed by atoms with Crippen molar-refractivity contribution in [2.24, 2.45) is 4.99 Å². The van der Waals surface area contributed by atoms with Gasteiger partial charge in [-0.3, -0.25) is 4.99 Å². The Morgan fingerprint density at radius 3 is 2.63 bits per heavy atom. The van der Waals surface area contributed by atoms with Gasteiger partial charge in [-0.05, 0) is 24.3 Å². The summed E-state index contributed by atoms with van der Waals surface area (Å²) in [5.74, 6) is 0.284. The molecular weight excluding hydrogens is 352 g/mol. The third-order valence-corrected chi connectivity index (χ3v) is 4.31. The number of rotatable bonds is 5. The summed E-state index contributed by atoms with van der Waals surface area (Å²) in [6.07, 6.45) is 1.80. The zero-order valence-corrected chi connectivity index (χ0v) is 15.2. The second-order valence-electron chi connectivity index (χ2n) is 6.06. The van der Waals surface area contributed by atoms with Crippen molar-refractivity contribution in [3.8, 4) is 5.75 Å². The molecule has 1 fully saturated rings. The minimum atomic E-state index is -0.915. The van der Waals surface area contributed by atoms with Gasteiger partial charge in [-0.2, -0.15) is 0 Å². The Morgan fingerprint density at radius 2 is 1.96 bits per heavy atom. The first-order valence-electron chi connectivity index (χ1n) is 8.87.